The van der Waals surface area contributed by atoms with E-state index in [-0.39, 0.29) is 29.9 Å². The molecule has 0 bridgehead atoms. The summed E-state index contributed by atoms with van der Waals surface area (Å²) in [5.74, 6) is 1.01. The molecule has 1 aromatic carbocycles. The Morgan fingerprint density at radius 1 is 1.12 bits per heavy atom. The number of rotatable bonds is 8. The number of amides is 1. The van der Waals surface area contributed by atoms with Crippen molar-refractivity contribution in [1.29, 1.82) is 0 Å². The van der Waals surface area contributed by atoms with Crippen LogP contribution in [0.3, 0.4) is 0 Å². The molecule has 1 amide bonds. The molecule has 34 heavy (non-hydrogen) atoms. The number of nitrogens with zero attached hydrogens (tertiary/aromatic N) is 4. The first-order valence-corrected chi connectivity index (χ1v) is 11.8. The first-order valence-electron chi connectivity index (χ1n) is 10.9. The number of aromatic nitrogens is 2. The van der Waals surface area contributed by atoms with Crippen molar-refractivity contribution in [3.63, 3.8) is 0 Å². The van der Waals surface area contributed by atoms with Gasteiger partial charge >= 0.3 is 0 Å². The van der Waals surface area contributed by atoms with Crippen molar-refractivity contribution in [1.82, 2.24) is 14.6 Å². The lowest BCUT2D eigenvalue weighted by Crippen LogP contribution is -2.29. The first kappa shape index (κ1) is 22.2. The molecule has 1 aliphatic rings. The monoisotopic (exact) mass is 478 g/mol. The van der Waals surface area contributed by atoms with Crippen molar-refractivity contribution in [3.8, 4) is 0 Å². The Morgan fingerprint density at radius 2 is 1.94 bits per heavy atom. The fraction of sp³-hybridized carbons (Fsp3) is 0.250. The minimum Gasteiger partial charge on any atom is -0.467 e. The molecular weight excluding hydrogens is 456 g/mol. The summed E-state index contributed by atoms with van der Waals surface area (Å²) in [5.41, 5.74) is 1.03. The number of thioether (sulfide) groups is 1. The highest BCUT2D eigenvalue weighted by Gasteiger charge is 2.35. The summed E-state index contributed by atoms with van der Waals surface area (Å²) < 4.78 is 12.6. The molecule has 9 nitrogen and oxygen atoms in total. The zero-order valence-electron chi connectivity index (χ0n) is 18.2. The van der Waals surface area contributed by atoms with Crippen LogP contribution in [0.4, 0.5) is 0 Å². The van der Waals surface area contributed by atoms with Gasteiger partial charge in [-0.05, 0) is 42.8 Å². The molecule has 0 radical (unpaired) electrons. The summed E-state index contributed by atoms with van der Waals surface area (Å²) in [7, 11) is 0. The van der Waals surface area contributed by atoms with Crippen LogP contribution < -0.4 is 5.56 Å². The van der Waals surface area contributed by atoms with E-state index < -0.39 is 0 Å². The Balaban J connectivity index is 1.42. The fourth-order valence-corrected chi connectivity index (χ4v) is 4.79. The standard InChI is InChI=1S/C24H22N4O5S/c29-11-5-10-27-23(31)16-6-1-2-7-17(16)25-24(27)34-15-22(30)28-19(21-9-4-13-33-21)14-18(26-28)20-8-3-12-32-20/h1-4,6-9,12-13,19,29H,5,10-11,14-15H2. The third-order valence-corrected chi connectivity index (χ3v) is 6.50. The maximum Gasteiger partial charge on any atom is 0.262 e. The van der Waals surface area contributed by atoms with Gasteiger partial charge in [-0.3, -0.25) is 14.2 Å². The molecule has 5 rings (SSSR count). The van der Waals surface area contributed by atoms with Crippen LogP contribution in [-0.2, 0) is 11.3 Å². The van der Waals surface area contributed by atoms with Crippen LogP contribution in [0.5, 0.6) is 0 Å². The summed E-state index contributed by atoms with van der Waals surface area (Å²) in [6.07, 6.45) is 4.01. The van der Waals surface area contributed by atoms with E-state index >= 15 is 0 Å². The molecule has 4 heterocycles. The summed E-state index contributed by atoms with van der Waals surface area (Å²) in [6.45, 7) is 0.258. The SMILES string of the molecule is O=C(CSc1nc2ccccc2c(=O)n1CCCO)N1N=C(c2ccco2)CC1c1ccco1. The predicted octanol–water partition coefficient (Wildman–Crippen LogP) is 3.43. The summed E-state index contributed by atoms with van der Waals surface area (Å²) >= 11 is 1.18. The average molecular weight is 479 g/mol. The number of fused-ring (bicyclic) bond motifs is 1. The number of para-hydroxylation sites is 1. The zero-order valence-corrected chi connectivity index (χ0v) is 19.0. The minimum atomic E-state index is -0.385. The van der Waals surface area contributed by atoms with Crippen molar-refractivity contribution in [3.05, 3.63) is 82.9 Å². The third kappa shape index (κ3) is 4.29. The van der Waals surface area contributed by atoms with Gasteiger partial charge in [-0.1, -0.05) is 23.9 Å². The normalized spacial score (nSPS) is 15.7. The van der Waals surface area contributed by atoms with E-state index in [0.29, 0.717) is 52.7 Å². The van der Waals surface area contributed by atoms with Crippen LogP contribution in [0, 0.1) is 0 Å². The molecular formula is C24H22N4O5S. The number of carbonyl (C=O) groups excluding carboxylic acids is 1. The second-order valence-electron chi connectivity index (χ2n) is 7.73. The Hall–Kier alpha value is -3.63. The Kier molecular flexibility index (Phi) is 6.33. The molecule has 1 atom stereocenters. The molecule has 10 heteroatoms. The quantitative estimate of drug-likeness (QED) is 0.305. The molecule has 0 aliphatic carbocycles. The van der Waals surface area contributed by atoms with Crippen LogP contribution in [-0.4, -0.2) is 43.6 Å². The van der Waals surface area contributed by atoms with Crippen molar-refractivity contribution < 1.29 is 18.7 Å². The molecule has 0 saturated carbocycles. The van der Waals surface area contributed by atoms with Crippen molar-refractivity contribution >= 4 is 34.3 Å². The van der Waals surface area contributed by atoms with E-state index in [4.69, 9.17) is 8.83 Å². The number of furan rings is 2. The first-order chi connectivity index (χ1) is 16.7. The topological polar surface area (TPSA) is 114 Å². The van der Waals surface area contributed by atoms with E-state index in [9.17, 15) is 14.7 Å². The maximum atomic E-state index is 13.3. The maximum absolute atomic E-state index is 13.3. The van der Waals surface area contributed by atoms with Crippen LogP contribution in [0.1, 0.15) is 30.4 Å². The molecule has 1 unspecified atom stereocenters. The van der Waals surface area contributed by atoms with Crippen LogP contribution in [0.15, 0.2) is 84.9 Å². The number of hydrogen-bond donors (Lipinski definition) is 1. The van der Waals surface area contributed by atoms with Crippen molar-refractivity contribution in [2.75, 3.05) is 12.4 Å². The number of carbonyl (C=O) groups is 1. The highest BCUT2D eigenvalue weighted by Crippen LogP contribution is 2.34. The van der Waals surface area contributed by atoms with E-state index in [2.05, 4.69) is 10.1 Å². The molecule has 1 aliphatic heterocycles. The molecule has 174 valence electrons. The number of aliphatic hydroxyl groups excluding tert-OH is 1. The second-order valence-corrected chi connectivity index (χ2v) is 8.67. The molecule has 0 fully saturated rings. The van der Waals surface area contributed by atoms with E-state index in [0.717, 1.165) is 0 Å². The van der Waals surface area contributed by atoms with Gasteiger partial charge in [0.1, 0.15) is 23.3 Å². The number of aliphatic hydroxyl groups is 1. The zero-order chi connectivity index (χ0) is 23.5. The number of hydrazone groups is 1. The van der Waals surface area contributed by atoms with Gasteiger partial charge < -0.3 is 13.9 Å². The fourth-order valence-electron chi connectivity index (χ4n) is 3.91. The van der Waals surface area contributed by atoms with E-state index in [1.54, 1.807) is 48.9 Å². The van der Waals surface area contributed by atoms with Gasteiger partial charge in [0.25, 0.3) is 11.5 Å². The second kappa shape index (κ2) is 9.70. The van der Waals surface area contributed by atoms with Crippen LogP contribution in [0.2, 0.25) is 0 Å². The largest absolute Gasteiger partial charge is 0.467 e. The molecule has 0 saturated heterocycles. The number of benzene rings is 1. The van der Waals surface area contributed by atoms with Crippen LogP contribution in [0.25, 0.3) is 10.9 Å². The highest BCUT2D eigenvalue weighted by molar-refractivity contribution is 7.99. The lowest BCUT2D eigenvalue weighted by atomic mass is 10.1. The van der Waals surface area contributed by atoms with Gasteiger partial charge in [-0.25, -0.2) is 9.99 Å². The van der Waals surface area contributed by atoms with Gasteiger partial charge in [-0.15, -0.1) is 0 Å². The molecule has 4 aromatic rings. The van der Waals surface area contributed by atoms with Crippen molar-refractivity contribution in [2.24, 2.45) is 5.10 Å². The molecule has 1 N–H and O–H groups in total. The van der Waals surface area contributed by atoms with Gasteiger partial charge in [-0.2, -0.15) is 5.10 Å². The lowest BCUT2D eigenvalue weighted by molar-refractivity contribution is -0.130. The summed E-state index contributed by atoms with van der Waals surface area (Å²) in [5, 5.41) is 16.1. The summed E-state index contributed by atoms with van der Waals surface area (Å²) in [4.78, 5) is 30.9. The van der Waals surface area contributed by atoms with Crippen molar-refractivity contribution in [2.45, 2.75) is 30.6 Å². The van der Waals surface area contributed by atoms with Gasteiger partial charge in [0.15, 0.2) is 5.16 Å². The lowest BCUT2D eigenvalue weighted by Gasteiger charge is -2.20. The third-order valence-electron chi connectivity index (χ3n) is 5.53. The predicted molar refractivity (Wildman–Crippen MR) is 127 cm³/mol. The average Bonchev–Trinajstić information content (AvgIpc) is 3.63. The smallest absolute Gasteiger partial charge is 0.262 e. The van der Waals surface area contributed by atoms with E-state index in [1.807, 2.05) is 12.1 Å². The number of hydrogen-bond acceptors (Lipinski definition) is 8. The minimum absolute atomic E-state index is 0.0239. The molecule has 0 spiro atoms. The van der Waals surface area contributed by atoms with E-state index in [1.165, 1.54) is 21.3 Å². The Bertz CT molecular complexity index is 1380. The van der Waals surface area contributed by atoms with Gasteiger partial charge in [0.2, 0.25) is 0 Å². The van der Waals surface area contributed by atoms with Crippen LogP contribution >= 0.6 is 11.8 Å². The van der Waals surface area contributed by atoms with Gasteiger partial charge in [0.05, 0.1) is 29.2 Å². The highest BCUT2D eigenvalue weighted by atomic mass is 32.2. The Labute approximate surface area is 198 Å². The Morgan fingerprint density at radius 3 is 2.71 bits per heavy atom. The van der Waals surface area contributed by atoms with Gasteiger partial charge in [0, 0.05) is 19.6 Å². The molecule has 3 aromatic heterocycles. The summed E-state index contributed by atoms with van der Waals surface area (Å²) in [6, 6.07) is 13.9.